The molecule has 0 unspecified atom stereocenters. The molecule has 0 radical (unpaired) electrons. The van der Waals surface area contributed by atoms with Crippen LogP contribution in [0.2, 0.25) is 0 Å². The van der Waals surface area contributed by atoms with E-state index in [2.05, 4.69) is 6.58 Å². The fraction of sp³-hybridized carbons (Fsp3) is 0.286. The van der Waals surface area contributed by atoms with Crippen molar-refractivity contribution in [1.29, 1.82) is 0 Å². The van der Waals surface area contributed by atoms with Gasteiger partial charge in [0.2, 0.25) is 5.91 Å². The van der Waals surface area contributed by atoms with Gasteiger partial charge in [0.05, 0.1) is 25.7 Å². The highest BCUT2D eigenvalue weighted by molar-refractivity contribution is 7.10. The van der Waals surface area contributed by atoms with Crippen molar-refractivity contribution in [3.05, 3.63) is 98.2 Å². The lowest BCUT2D eigenvalue weighted by Gasteiger charge is -2.27. The van der Waals surface area contributed by atoms with Gasteiger partial charge in [0.25, 0.3) is 11.6 Å². The Labute approximate surface area is 226 Å². The molecule has 9 nitrogen and oxygen atoms in total. The van der Waals surface area contributed by atoms with E-state index in [1.54, 1.807) is 36.5 Å². The third kappa shape index (κ3) is 7.19. The number of hydrogen-bond acceptors (Lipinski definition) is 7. The highest BCUT2D eigenvalue weighted by Gasteiger charge is 2.23. The number of hydrogen-bond donors (Lipinski definition) is 0. The number of aryl methyl sites for hydroxylation is 1. The molecule has 0 bridgehead atoms. The highest BCUT2D eigenvalue weighted by atomic mass is 32.1. The van der Waals surface area contributed by atoms with E-state index in [4.69, 9.17) is 9.47 Å². The van der Waals surface area contributed by atoms with E-state index in [1.807, 2.05) is 36.6 Å². The number of carbonyl (C=O) groups is 2. The number of nitro benzene ring substituents is 1. The van der Waals surface area contributed by atoms with Gasteiger partial charge in [-0.1, -0.05) is 12.1 Å². The van der Waals surface area contributed by atoms with Crippen molar-refractivity contribution < 1.29 is 24.0 Å². The predicted octanol–water partition coefficient (Wildman–Crippen LogP) is 4.88. The third-order valence-corrected chi connectivity index (χ3v) is 7.07. The first-order valence-corrected chi connectivity index (χ1v) is 12.8. The van der Waals surface area contributed by atoms with Crippen LogP contribution in [0.15, 0.2) is 66.6 Å². The molecule has 2 aromatic carbocycles. The van der Waals surface area contributed by atoms with E-state index in [9.17, 15) is 19.7 Å². The van der Waals surface area contributed by atoms with Gasteiger partial charge in [-0.15, -0.1) is 17.9 Å². The number of rotatable bonds is 13. The SMILES string of the molecule is C=CCN(CC(=O)N(CCc1ccc(OC)c(OC)c1)Cc1sccc1C)C(=O)c1ccc([N+](=O)[O-])cc1. The zero-order valence-electron chi connectivity index (χ0n) is 21.7. The molecule has 2 amide bonds. The smallest absolute Gasteiger partial charge is 0.269 e. The summed E-state index contributed by atoms with van der Waals surface area (Å²) in [5, 5.41) is 12.9. The second-order valence-electron chi connectivity index (χ2n) is 8.56. The number of carbonyl (C=O) groups excluding carboxylic acids is 2. The molecule has 0 saturated carbocycles. The van der Waals surface area contributed by atoms with Crippen LogP contribution in [0.4, 0.5) is 5.69 Å². The van der Waals surface area contributed by atoms with Gasteiger partial charge in [-0.05, 0) is 60.2 Å². The lowest BCUT2D eigenvalue weighted by Crippen LogP contribution is -2.43. The fourth-order valence-electron chi connectivity index (χ4n) is 3.88. The minimum Gasteiger partial charge on any atom is -0.493 e. The molecule has 0 aliphatic rings. The molecular formula is C28H31N3O6S. The van der Waals surface area contributed by atoms with Crippen LogP contribution in [0.25, 0.3) is 0 Å². The molecule has 3 aromatic rings. The Balaban J connectivity index is 1.79. The number of nitrogens with zero attached hydrogens (tertiary/aromatic N) is 3. The van der Waals surface area contributed by atoms with Gasteiger partial charge in [-0.2, -0.15) is 0 Å². The fourth-order valence-corrected chi connectivity index (χ4v) is 4.80. The van der Waals surface area contributed by atoms with E-state index in [-0.39, 0.29) is 30.2 Å². The van der Waals surface area contributed by atoms with Crippen LogP contribution in [0.3, 0.4) is 0 Å². The molecule has 0 aliphatic heterocycles. The van der Waals surface area contributed by atoms with Crippen LogP contribution in [-0.4, -0.2) is 60.4 Å². The summed E-state index contributed by atoms with van der Waals surface area (Å²) in [6.45, 7) is 6.57. The van der Waals surface area contributed by atoms with Crippen molar-refractivity contribution in [2.75, 3.05) is 33.9 Å². The van der Waals surface area contributed by atoms with Crippen molar-refractivity contribution in [1.82, 2.24) is 9.80 Å². The van der Waals surface area contributed by atoms with Gasteiger partial charge in [0.15, 0.2) is 11.5 Å². The zero-order chi connectivity index (χ0) is 27.7. The van der Waals surface area contributed by atoms with Gasteiger partial charge in [0.1, 0.15) is 6.54 Å². The van der Waals surface area contributed by atoms with Crippen molar-refractivity contribution in [2.45, 2.75) is 19.9 Å². The van der Waals surface area contributed by atoms with Gasteiger partial charge in [-0.3, -0.25) is 19.7 Å². The molecule has 1 aromatic heterocycles. The Morgan fingerprint density at radius 1 is 1.05 bits per heavy atom. The number of ether oxygens (including phenoxy) is 2. The summed E-state index contributed by atoms with van der Waals surface area (Å²) >= 11 is 1.58. The van der Waals surface area contributed by atoms with E-state index >= 15 is 0 Å². The Morgan fingerprint density at radius 2 is 1.76 bits per heavy atom. The van der Waals surface area contributed by atoms with Crippen LogP contribution in [0.5, 0.6) is 11.5 Å². The molecule has 10 heteroatoms. The highest BCUT2D eigenvalue weighted by Crippen LogP contribution is 2.28. The molecule has 0 saturated heterocycles. The van der Waals surface area contributed by atoms with E-state index in [0.29, 0.717) is 31.0 Å². The monoisotopic (exact) mass is 537 g/mol. The van der Waals surface area contributed by atoms with Crippen LogP contribution < -0.4 is 9.47 Å². The summed E-state index contributed by atoms with van der Waals surface area (Å²) in [4.78, 5) is 41.4. The van der Waals surface area contributed by atoms with Crippen molar-refractivity contribution in [2.24, 2.45) is 0 Å². The number of thiophene rings is 1. The van der Waals surface area contributed by atoms with Crippen LogP contribution >= 0.6 is 11.3 Å². The number of amides is 2. The molecule has 0 N–H and O–H groups in total. The van der Waals surface area contributed by atoms with Crippen LogP contribution in [0.1, 0.15) is 26.4 Å². The largest absolute Gasteiger partial charge is 0.493 e. The minimum atomic E-state index is -0.526. The minimum absolute atomic E-state index is 0.111. The number of nitro groups is 1. The van der Waals surface area contributed by atoms with Gasteiger partial charge in [0, 0.05) is 35.7 Å². The second-order valence-corrected chi connectivity index (χ2v) is 9.56. The maximum Gasteiger partial charge on any atom is 0.269 e. The lowest BCUT2D eigenvalue weighted by atomic mass is 10.1. The first-order chi connectivity index (χ1) is 18.3. The maximum absolute atomic E-state index is 13.6. The Kier molecular flexibility index (Phi) is 10.0. The van der Waals surface area contributed by atoms with Crippen LogP contribution in [-0.2, 0) is 17.8 Å². The normalized spacial score (nSPS) is 10.5. The number of non-ortho nitro benzene ring substituents is 1. The molecule has 0 aliphatic carbocycles. The van der Waals surface area contributed by atoms with Gasteiger partial charge >= 0.3 is 0 Å². The summed E-state index contributed by atoms with van der Waals surface area (Å²) < 4.78 is 10.7. The summed E-state index contributed by atoms with van der Waals surface area (Å²) in [6.07, 6.45) is 2.13. The third-order valence-electron chi connectivity index (χ3n) is 6.06. The molecule has 0 spiro atoms. The molecule has 1 heterocycles. The predicted molar refractivity (Wildman–Crippen MR) is 147 cm³/mol. The second kappa shape index (κ2) is 13.4. The van der Waals surface area contributed by atoms with Gasteiger partial charge in [-0.25, -0.2) is 0 Å². The number of methoxy groups -OCH3 is 2. The topological polar surface area (TPSA) is 102 Å². The van der Waals surface area contributed by atoms with E-state index < -0.39 is 10.8 Å². The summed E-state index contributed by atoms with van der Waals surface area (Å²) in [5.41, 5.74) is 2.23. The Morgan fingerprint density at radius 3 is 2.34 bits per heavy atom. The van der Waals surface area contributed by atoms with Crippen molar-refractivity contribution in [3.8, 4) is 11.5 Å². The van der Waals surface area contributed by atoms with Crippen LogP contribution in [0, 0.1) is 17.0 Å². The number of benzene rings is 2. The molecule has 200 valence electrons. The molecular weight excluding hydrogens is 506 g/mol. The quantitative estimate of drug-likeness (QED) is 0.175. The molecule has 38 heavy (non-hydrogen) atoms. The Bertz CT molecular complexity index is 1290. The van der Waals surface area contributed by atoms with E-state index in [1.165, 1.54) is 29.2 Å². The first-order valence-electron chi connectivity index (χ1n) is 11.9. The van der Waals surface area contributed by atoms with Gasteiger partial charge < -0.3 is 19.3 Å². The maximum atomic E-state index is 13.6. The summed E-state index contributed by atoms with van der Waals surface area (Å²) in [7, 11) is 3.15. The average Bonchev–Trinajstić information content (AvgIpc) is 3.33. The van der Waals surface area contributed by atoms with E-state index in [0.717, 1.165) is 16.0 Å². The molecule has 3 rings (SSSR count). The zero-order valence-corrected chi connectivity index (χ0v) is 22.5. The summed E-state index contributed by atoms with van der Waals surface area (Å²) in [5.74, 6) is 0.627. The Hall–Kier alpha value is -4.18. The first kappa shape index (κ1) is 28.4. The summed E-state index contributed by atoms with van der Waals surface area (Å²) in [6, 6.07) is 13.0. The molecule has 0 fully saturated rings. The standard InChI is InChI=1S/C28H31N3O6S/c1-5-14-30(28(33)22-7-9-23(10-8-22)31(34)35)19-27(32)29(18-26-20(2)13-16-38-26)15-12-21-6-11-24(36-3)25(17-21)37-4/h5-11,13,16-17H,1,12,14-15,18-19H2,2-4H3. The van der Waals surface area contributed by atoms with Crippen molar-refractivity contribution >= 4 is 28.8 Å². The van der Waals surface area contributed by atoms with Crippen molar-refractivity contribution in [3.63, 3.8) is 0 Å². The molecule has 0 atom stereocenters. The average molecular weight is 538 g/mol. The lowest BCUT2D eigenvalue weighted by molar-refractivity contribution is -0.384.